The number of nitrogens with zero attached hydrogens (tertiary/aromatic N) is 2. The number of methoxy groups -OCH3 is 2. The quantitative estimate of drug-likeness (QED) is 0.790. The minimum Gasteiger partial charge on any atom is -0.497 e. The van der Waals surface area contributed by atoms with Crippen molar-refractivity contribution in [3.8, 4) is 17.6 Å². The van der Waals surface area contributed by atoms with Gasteiger partial charge in [-0.15, -0.1) is 0 Å². The van der Waals surface area contributed by atoms with Gasteiger partial charge in [0.15, 0.2) is 0 Å². The lowest BCUT2D eigenvalue weighted by atomic mass is 10.2. The standard InChI is InChI=1S/C12H12N2O2/c1-15-9-7-11-10(12(8-9)16-2)3-5-14(11)6-4-13/h3,5,7-8H,6H2,1-2H3. The summed E-state index contributed by atoms with van der Waals surface area (Å²) in [6.07, 6.45) is 1.87. The largest absolute Gasteiger partial charge is 0.497 e. The monoisotopic (exact) mass is 216 g/mol. The molecule has 0 atom stereocenters. The van der Waals surface area contributed by atoms with Gasteiger partial charge in [-0.2, -0.15) is 5.26 Å². The van der Waals surface area contributed by atoms with Gasteiger partial charge in [0, 0.05) is 23.7 Å². The van der Waals surface area contributed by atoms with Crippen LogP contribution >= 0.6 is 0 Å². The van der Waals surface area contributed by atoms with Gasteiger partial charge in [-0.1, -0.05) is 0 Å². The molecule has 1 aromatic heterocycles. The highest BCUT2D eigenvalue weighted by atomic mass is 16.5. The minimum absolute atomic E-state index is 0.319. The first-order valence-corrected chi connectivity index (χ1v) is 4.88. The summed E-state index contributed by atoms with van der Waals surface area (Å²) in [6.45, 7) is 0.319. The van der Waals surface area contributed by atoms with Crippen LogP contribution in [0.15, 0.2) is 24.4 Å². The van der Waals surface area contributed by atoms with Crippen LogP contribution in [-0.2, 0) is 6.54 Å². The molecule has 1 heterocycles. The summed E-state index contributed by atoms with van der Waals surface area (Å²) in [6, 6.07) is 7.78. The lowest BCUT2D eigenvalue weighted by Gasteiger charge is -2.07. The van der Waals surface area contributed by atoms with Gasteiger partial charge in [-0.3, -0.25) is 0 Å². The van der Waals surface area contributed by atoms with Gasteiger partial charge in [-0.05, 0) is 6.07 Å². The van der Waals surface area contributed by atoms with E-state index < -0.39 is 0 Å². The molecule has 0 saturated carbocycles. The molecule has 0 bridgehead atoms. The Kier molecular flexibility index (Phi) is 2.69. The smallest absolute Gasteiger partial charge is 0.131 e. The molecule has 0 radical (unpaired) electrons. The summed E-state index contributed by atoms with van der Waals surface area (Å²) in [5, 5.41) is 9.70. The topological polar surface area (TPSA) is 47.2 Å². The first-order chi connectivity index (χ1) is 7.80. The molecule has 4 heteroatoms. The summed E-state index contributed by atoms with van der Waals surface area (Å²) < 4.78 is 12.3. The van der Waals surface area contributed by atoms with Crippen LogP contribution in [0.2, 0.25) is 0 Å². The molecule has 0 aliphatic carbocycles. The number of nitriles is 1. The first kappa shape index (κ1) is 10.4. The third kappa shape index (κ3) is 1.57. The third-order valence-corrected chi connectivity index (χ3v) is 2.52. The van der Waals surface area contributed by atoms with E-state index in [2.05, 4.69) is 6.07 Å². The van der Waals surface area contributed by atoms with Gasteiger partial charge in [0.25, 0.3) is 0 Å². The molecule has 1 aromatic carbocycles. The SMILES string of the molecule is COc1cc(OC)c2ccn(CC#N)c2c1. The molecule has 0 N–H and O–H groups in total. The Bertz CT molecular complexity index is 552. The Balaban J connectivity index is 2.67. The van der Waals surface area contributed by atoms with Crippen molar-refractivity contribution in [2.75, 3.05) is 14.2 Å². The molecule has 2 rings (SSSR count). The van der Waals surface area contributed by atoms with E-state index in [1.807, 2.05) is 29.0 Å². The number of hydrogen-bond acceptors (Lipinski definition) is 3. The second kappa shape index (κ2) is 4.15. The van der Waals surface area contributed by atoms with Crippen molar-refractivity contribution in [2.24, 2.45) is 0 Å². The fraction of sp³-hybridized carbons (Fsp3) is 0.250. The molecule has 0 unspecified atom stereocenters. The Hall–Kier alpha value is -2.15. The highest BCUT2D eigenvalue weighted by molar-refractivity contribution is 5.88. The van der Waals surface area contributed by atoms with Gasteiger partial charge >= 0.3 is 0 Å². The predicted molar refractivity (Wildman–Crippen MR) is 60.7 cm³/mol. The summed E-state index contributed by atoms with van der Waals surface area (Å²) in [4.78, 5) is 0. The van der Waals surface area contributed by atoms with Crippen LogP contribution in [0.3, 0.4) is 0 Å². The van der Waals surface area contributed by atoms with Gasteiger partial charge < -0.3 is 14.0 Å². The number of ether oxygens (including phenoxy) is 2. The van der Waals surface area contributed by atoms with Crippen molar-refractivity contribution in [1.82, 2.24) is 4.57 Å². The highest BCUT2D eigenvalue weighted by Gasteiger charge is 2.08. The van der Waals surface area contributed by atoms with Crippen LogP contribution in [0.4, 0.5) is 0 Å². The van der Waals surface area contributed by atoms with Gasteiger partial charge in [-0.25, -0.2) is 0 Å². The van der Waals surface area contributed by atoms with Crippen molar-refractivity contribution < 1.29 is 9.47 Å². The molecular formula is C12H12N2O2. The summed E-state index contributed by atoms with van der Waals surface area (Å²) in [5.41, 5.74) is 0.942. The second-order valence-electron chi connectivity index (χ2n) is 3.36. The Morgan fingerprint density at radius 2 is 2.12 bits per heavy atom. The van der Waals surface area contributed by atoms with E-state index in [-0.39, 0.29) is 0 Å². The molecule has 0 aliphatic rings. The highest BCUT2D eigenvalue weighted by Crippen LogP contribution is 2.31. The lowest BCUT2D eigenvalue weighted by Crippen LogP contribution is -1.94. The van der Waals surface area contributed by atoms with Crippen molar-refractivity contribution in [3.05, 3.63) is 24.4 Å². The van der Waals surface area contributed by atoms with E-state index in [0.29, 0.717) is 6.54 Å². The van der Waals surface area contributed by atoms with Crippen molar-refractivity contribution in [3.63, 3.8) is 0 Å². The molecule has 16 heavy (non-hydrogen) atoms. The molecule has 4 nitrogen and oxygen atoms in total. The van der Waals surface area contributed by atoms with Crippen LogP contribution in [0, 0.1) is 11.3 Å². The normalized spacial score (nSPS) is 10.1. The number of fused-ring (bicyclic) bond motifs is 1. The predicted octanol–water partition coefficient (Wildman–Crippen LogP) is 2.18. The van der Waals surface area contributed by atoms with E-state index in [4.69, 9.17) is 14.7 Å². The fourth-order valence-electron chi connectivity index (χ4n) is 1.74. The average molecular weight is 216 g/mol. The second-order valence-corrected chi connectivity index (χ2v) is 3.36. The maximum atomic E-state index is 8.72. The molecule has 0 amide bonds. The summed E-state index contributed by atoms with van der Waals surface area (Å²) in [7, 11) is 3.23. The van der Waals surface area contributed by atoms with Crippen LogP contribution in [-0.4, -0.2) is 18.8 Å². The molecular weight excluding hydrogens is 204 g/mol. The lowest BCUT2D eigenvalue weighted by molar-refractivity contribution is 0.398. The van der Waals surface area contributed by atoms with E-state index in [1.165, 1.54) is 0 Å². The Morgan fingerprint density at radius 1 is 1.31 bits per heavy atom. The van der Waals surface area contributed by atoms with Crippen LogP contribution < -0.4 is 9.47 Å². The minimum atomic E-state index is 0.319. The maximum Gasteiger partial charge on any atom is 0.131 e. The number of benzene rings is 1. The fourth-order valence-corrected chi connectivity index (χ4v) is 1.74. The van der Waals surface area contributed by atoms with Gasteiger partial charge in [0.2, 0.25) is 0 Å². The van der Waals surface area contributed by atoms with E-state index >= 15 is 0 Å². The van der Waals surface area contributed by atoms with Crippen molar-refractivity contribution >= 4 is 10.9 Å². The summed E-state index contributed by atoms with van der Waals surface area (Å²) in [5.74, 6) is 1.48. The summed E-state index contributed by atoms with van der Waals surface area (Å²) >= 11 is 0. The third-order valence-electron chi connectivity index (χ3n) is 2.52. The Morgan fingerprint density at radius 3 is 2.75 bits per heavy atom. The molecule has 0 aliphatic heterocycles. The van der Waals surface area contributed by atoms with E-state index in [9.17, 15) is 0 Å². The van der Waals surface area contributed by atoms with E-state index in [1.54, 1.807) is 14.2 Å². The Labute approximate surface area is 93.6 Å². The molecule has 0 saturated heterocycles. The molecule has 82 valence electrons. The number of aromatic nitrogens is 1. The van der Waals surface area contributed by atoms with E-state index in [0.717, 1.165) is 22.4 Å². The first-order valence-electron chi connectivity index (χ1n) is 4.88. The van der Waals surface area contributed by atoms with Crippen molar-refractivity contribution in [1.29, 1.82) is 5.26 Å². The van der Waals surface area contributed by atoms with Crippen LogP contribution in [0.1, 0.15) is 0 Å². The van der Waals surface area contributed by atoms with Gasteiger partial charge in [0.05, 0.1) is 25.8 Å². The molecule has 0 fully saturated rings. The zero-order valence-electron chi connectivity index (χ0n) is 9.23. The number of hydrogen-bond donors (Lipinski definition) is 0. The number of rotatable bonds is 3. The van der Waals surface area contributed by atoms with Crippen LogP contribution in [0.5, 0.6) is 11.5 Å². The molecule has 2 aromatic rings. The van der Waals surface area contributed by atoms with Gasteiger partial charge in [0.1, 0.15) is 18.0 Å². The molecule has 0 spiro atoms. The zero-order valence-corrected chi connectivity index (χ0v) is 9.23. The average Bonchev–Trinajstić information content (AvgIpc) is 2.72. The van der Waals surface area contributed by atoms with Crippen LogP contribution in [0.25, 0.3) is 10.9 Å². The zero-order chi connectivity index (χ0) is 11.5. The maximum absolute atomic E-state index is 8.72. The van der Waals surface area contributed by atoms with Crippen molar-refractivity contribution in [2.45, 2.75) is 6.54 Å².